The van der Waals surface area contributed by atoms with Crippen molar-refractivity contribution in [2.75, 3.05) is 0 Å². The molecular weight excluding hydrogens is 260 g/mol. The topological polar surface area (TPSA) is 34.1 Å². The van der Waals surface area contributed by atoms with E-state index in [1.54, 1.807) is 0 Å². The fourth-order valence-corrected chi connectivity index (χ4v) is 2.64. The molecule has 0 radical (unpaired) electrons. The lowest BCUT2D eigenvalue weighted by Crippen LogP contribution is -2.09. The van der Waals surface area contributed by atoms with Crippen molar-refractivity contribution in [1.29, 1.82) is 0 Å². The lowest BCUT2D eigenvalue weighted by atomic mass is 10.0. The van der Waals surface area contributed by atoms with Crippen LogP contribution in [-0.2, 0) is 0 Å². The van der Waals surface area contributed by atoms with E-state index in [-0.39, 0.29) is 23.4 Å². The van der Waals surface area contributed by atoms with E-state index >= 15 is 0 Å². The summed E-state index contributed by atoms with van der Waals surface area (Å²) in [5, 5.41) is 0. The molecule has 1 aliphatic rings. The van der Waals surface area contributed by atoms with Crippen LogP contribution in [0.3, 0.4) is 0 Å². The Labute approximate surface area is 124 Å². The van der Waals surface area contributed by atoms with Crippen molar-refractivity contribution >= 4 is 11.6 Å². The lowest BCUT2D eigenvalue weighted by molar-refractivity contribution is 0.0906. The summed E-state index contributed by atoms with van der Waals surface area (Å²) in [6, 6.07) is 15.2. The second-order valence-corrected chi connectivity index (χ2v) is 5.91. The fraction of sp³-hybridized carbons (Fsp3) is 0.263. The van der Waals surface area contributed by atoms with Gasteiger partial charge in [0.25, 0.3) is 0 Å². The zero-order valence-electron chi connectivity index (χ0n) is 12.3. The zero-order chi connectivity index (χ0) is 15.0. The van der Waals surface area contributed by atoms with E-state index < -0.39 is 0 Å². The average Bonchev–Trinajstić information content (AvgIpc) is 3.28. The Hall–Kier alpha value is -2.22. The van der Waals surface area contributed by atoms with Gasteiger partial charge in [0.1, 0.15) is 0 Å². The van der Waals surface area contributed by atoms with Crippen LogP contribution in [0, 0.1) is 25.7 Å². The summed E-state index contributed by atoms with van der Waals surface area (Å²) in [6.07, 6.45) is 0.680. The second-order valence-electron chi connectivity index (χ2n) is 5.91. The molecule has 0 saturated heterocycles. The van der Waals surface area contributed by atoms with Crippen molar-refractivity contribution in [2.24, 2.45) is 11.8 Å². The normalized spacial score (nSPS) is 20.1. The molecule has 0 N–H and O–H groups in total. The van der Waals surface area contributed by atoms with Gasteiger partial charge in [0.2, 0.25) is 0 Å². The van der Waals surface area contributed by atoms with Crippen LogP contribution in [0.2, 0.25) is 0 Å². The summed E-state index contributed by atoms with van der Waals surface area (Å²) in [5.41, 5.74) is 3.69. The second kappa shape index (κ2) is 5.28. The molecule has 2 aromatic carbocycles. The number of hydrogen-bond acceptors (Lipinski definition) is 2. The van der Waals surface area contributed by atoms with Crippen LogP contribution < -0.4 is 0 Å². The van der Waals surface area contributed by atoms with Crippen LogP contribution in [0.5, 0.6) is 0 Å². The van der Waals surface area contributed by atoms with E-state index in [1.165, 1.54) is 0 Å². The number of ketones is 2. The van der Waals surface area contributed by atoms with Gasteiger partial charge in [-0.25, -0.2) is 0 Å². The minimum atomic E-state index is -0.137. The minimum absolute atomic E-state index is 0.0976. The van der Waals surface area contributed by atoms with Crippen LogP contribution >= 0.6 is 0 Å². The Balaban J connectivity index is 1.71. The van der Waals surface area contributed by atoms with Crippen molar-refractivity contribution in [2.45, 2.75) is 20.3 Å². The predicted octanol–water partition coefficient (Wildman–Crippen LogP) is 4.01. The Morgan fingerprint density at radius 3 is 1.38 bits per heavy atom. The van der Waals surface area contributed by atoms with Gasteiger partial charge < -0.3 is 0 Å². The molecule has 0 aliphatic heterocycles. The average molecular weight is 278 g/mol. The molecule has 2 aromatic rings. The van der Waals surface area contributed by atoms with E-state index in [4.69, 9.17) is 0 Å². The quantitative estimate of drug-likeness (QED) is 0.792. The maximum absolute atomic E-state index is 12.4. The smallest absolute Gasteiger partial charge is 0.166 e. The number of Topliss-reactive ketones (excluding diaryl/α,β-unsaturated/α-hetero) is 2. The Morgan fingerprint density at radius 1 is 0.714 bits per heavy atom. The molecule has 1 aliphatic carbocycles. The van der Waals surface area contributed by atoms with Crippen molar-refractivity contribution in [1.82, 2.24) is 0 Å². The first-order valence-electron chi connectivity index (χ1n) is 7.28. The van der Waals surface area contributed by atoms with Crippen molar-refractivity contribution in [3.05, 3.63) is 70.8 Å². The van der Waals surface area contributed by atoms with E-state index in [9.17, 15) is 9.59 Å². The highest BCUT2D eigenvalue weighted by Crippen LogP contribution is 2.43. The molecule has 3 rings (SSSR count). The summed E-state index contributed by atoms with van der Waals surface area (Å²) in [4.78, 5) is 24.7. The summed E-state index contributed by atoms with van der Waals surface area (Å²) in [5.74, 6) is -0.0797. The van der Waals surface area contributed by atoms with Crippen LogP contribution in [0.15, 0.2) is 48.5 Å². The summed E-state index contributed by atoms with van der Waals surface area (Å²) in [7, 11) is 0. The Kier molecular flexibility index (Phi) is 3.46. The zero-order valence-corrected chi connectivity index (χ0v) is 12.3. The largest absolute Gasteiger partial charge is 0.294 e. The molecule has 2 nitrogen and oxygen atoms in total. The van der Waals surface area contributed by atoms with E-state index in [0.717, 1.165) is 11.1 Å². The lowest BCUT2D eigenvalue weighted by Gasteiger charge is -2.02. The number of hydrogen-bond donors (Lipinski definition) is 0. The van der Waals surface area contributed by atoms with Crippen molar-refractivity contribution < 1.29 is 9.59 Å². The molecule has 2 atom stereocenters. The van der Waals surface area contributed by atoms with Crippen LogP contribution in [0.4, 0.5) is 0 Å². The monoisotopic (exact) mass is 278 g/mol. The summed E-state index contributed by atoms with van der Waals surface area (Å²) >= 11 is 0. The highest BCUT2D eigenvalue weighted by Gasteiger charge is 2.47. The third-order valence-corrected chi connectivity index (χ3v) is 4.14. The van der Waals surface area contributed by atoms with Gasteiger partial charge in [0.05, 0.1) is 0 Å². The van der Waals surface area contributed by atoms with E-state index in [2.05, 4.69) is 0 Å². The minimum Gasteiger partial charge on any atom is -0.294 e. The van der Waals surface area contributed by atoms with Gasteiger partial charge in [-0.15, -0.1) is 0 Å². The third kappa shape index (κ3) is 2.80. The summed E-state index contributed by atoms with van der Waals surface area (Å²) in [6.45, 7) is 3.99. The first kappa shape index (κ1) is 13.7. The molecule has 0 spiro atoms. The molecule has 0 heterocycles. The molecule has 0 bridgehead atoms. The van der Waals surface area contributed by atoms with Crippen LogP contribution in [0.1, 0.15) is 38.3 Å². The van der Waals surface area contributed by atoms with Gasteiger partial charge in [-0.3, -0.25) is 9.59 Å². The van der Waals surface area contributed by atoms with Gasteiger partial charge in [-0.05, 0) is 20.3 Å². The van der Waals surface area contributed by atoms with Crippen molar-refractivity contribution in [3.63, 3.8) is 0 Å². The maximum atomic E-state index is 12.4. The molecule has 0 unspecified atom stereocenters. The predicted molar refractivity (Wildman–Crippen MR) is 82.6 cm³/mol. The highest BCUT2D eigenvalue weighted by atomic mass is 16.1. The van der Waals surface area contributed by atoms with Crippen LogP contribution in [-0.4, -0.2) is 11.6 Å². The molecule has 106 valence electrons. The molecule has 1 fully saturated rings. The molecule has 0 aromatic heterocycles. The molecule has 1 saturated carbocycles. The van der Waals surface area contributed by atoms with Crippen LogP contribution in [0.25, 0.3) is 0 Å². The first-order chi connectivity index (χ1) is 10.1. The van der Waals surface area contributed by atoms with E-state index in [1.807, 2.05) is 62.4 Å². The number of benzene rings is 2. The SMILES string of the molecule is Cc1ccc(C(=O)[C@@H]2C[C@H]2C(=O)c2ccc(C)cc2)cc1. The number of aryl methyl sites for hydroxylation is 2. The molecular formula is C19H18O2. The number of rotatable bonds is 4. The Morgan fingerprint density at radius 2 is 1.05 bits per heavy atom. The molecule has 21 heavy (non-hydrogen) atoms. The third-order valence-electron chi connectivity index (χ3n) is 4.14. The fourth-order valence-electron chi connectivity index (χ4n) is 2.64. The first-order valence-corrected chi connectivity index (χ1v) is 7.28. The molecule has 2 heteroatoms. The van der Waals surface area contributed by atoms with Gasteiger partial charge in [-0.1, -0.05) is 59.7 Å². The number of carbonyl (C=O) groups excluding carboxylic acids is 2. The van der Waals surface area contributed by atoms with E-state index in [0.29, 0.717) is 17.5 Å². The van der Waals surface area contributed by atoms with Gasteiger partial charge >= 0.3 is 0 Å². The van der Waals surface area contributed by atoms with Gasteiger partial charge in [-0.2, -0.15) is 0 Å². The van der Waals surface area contributed by atoms with Crippen molar-refractivity contribution in [3.8, 4) is 0 Å². The highest BCUT2D eigenvalue weighted by molar-refractivity contribution is 6.08. The van der Waals surface area contributed by atoms with Gasteiger partial charge in [0.15, 0.2) is 11.6 Å². The molecule has 0 amide bonds. The summed E-state index contributed by atoms with van der Waals surface area (Å²) < 4.78 is 0. The van der Waals surface area contributed by atoms with Gasteiger partial charge in [0, 0.05) is 23.0 Å². The Bertz CT molecular complexity index is 619. The standard InChI is InChI=1S/C19H18O2/c1-12-3-7-14(8-4-12)18(20)16-11-17(16)19(21)15-9-5-13(2)6-10-15/h3-10,16-17H,11H2,1-2H3/t16-,17-/m1/s1. The number of carbonyl (C=O) groups is 2. The maximum Gasteiger partial charge on any atom is 0.166 e.